The molecule has 0 bridgehead atoms. The molecule has 0 aliphatic rings. The highest BCUT2D eigenvalue weighted by atomic mass is 16.5. The first-order valence-corrected chi connectivity index (χ1v) is 6.76. The Morgan fingerprint density at radius 1 is 1.28 bits per heavy atom. The lowest BCUT2D eigenvalue weighted by Crippen LogP contribution is -2.27. The summed E-state index contributed by atoms with van der Waals surface area (Å²) < 4.78 is 5.18. The first-order chi connectivity index (χ1) is 8.58. The second kappa shape index (κ2) is 7.49. The molecule has 0 saturated heterocycles. The van der Waals surface area contributed by atoms with Crippen molar-refractivity contribution in [1.29, 1.82) is 0 Å². The third kappa shape index (κ3) is 4.39. The summed E-state index contributed by atoms with van der Waals surface area (Å²) in [6, 6.07) is 4.75. The zero-order valence-electron chi connectivity index (χ0n) is 12.3. The van der Waals surface area contributed by atoms with Gasteiger partial charge in [0.1, 0.15) is 0 Å². The number of aromatic nitrogens is 1. The highest BCUT2D eigenvalue weighted by molar-refractivity contribution is 5.24. The van der Waals surface area contributed by atoms with E-state index in [4.69, 9.17) is 4.74 Å². The second-order valence-corrected chi connectivity index (χ2v) is 4.98. The zero-order chi connectivity index (χ0) is 13.5. The van der Waals surface area contributed by atoms with Crippen LogP contribution in [0.3, 0.4) is 0 Å². The van der Waals surface area contributed by atoms with E-state index < -0.39 is 0 Å². The van der Waals surface area contributed by atoms with Crippen LogP contribution in [0.25, 0.3) is 0 Å². The maximum atomic E-state index is 5.18. The summed E-state index contributed by atoms with van der Waals surface area (Å²) in [4.78, 5) is 4.45. The van der Waals surface area contributed by atoms with Crippen molar-refractivity contribution in [3.63, 3.8) is 0 Å². The van der Waals surface area contributed by atoms with Crippen LogP contribution < -0.4 is 5.32 Å². The van der Waals surface area contributed by atoms with Gasteiger partial charge in [0, 0.05) is 31.1 Å². The van der Waals surface area contributed by atoms with Gasteiger partial charge >= 0.3 is 0 Å². The summed E-state index contributed by atoms with van der Waals surface area (Å²) in [6.45, 7) is 10.3. The summed E-state index contributed by atoms with van der Waals surface area (Å²) >= 11 is 0. The zero-order valence-corrected chi connectivity index (χ0v) is 12.3. The standard InChI is InChI=1S/C15H26N2O/c1-6-16-15(11(2)7-8-18-5)14-9-12(3)17-13(4)10-14/h9-11,15-16H,6-8H2,1-5H3. The van der Waals surface area contributed by atoms with E-state index in [-0.39, 0.29) is 0 Å². The quantitative estimate of drug-likeness (QED) is 0.807. The highest BCUT2D eigenvalue weighted by Gasteiger charge is 2.18. The third-order valence-corrected chi connectivity index (χ3v) is 3.23. The number of ether oxygens (including phenoxy) is 1. The number of pyridine rings is 1. The molecule has 1 heterocycles. The first-order valence-electron chi connectivity index (χ1n) is 6.76. The summed E-state index contributed by atoms with van der Waals surface area (Å²) in [7, 11) is 1.76. The SMILES string of the molecule is CCNC(c1cc(C)nc(C)c1)C(C)CCOC. The van der Waals surface area contributed by atoms with Crippen molar-refractivity contribution >= 4 is 0 Å². The van der Waals surface area contributed by atoms with Gasteiger partial charge in [-0.25, -0.2) is 0 Å². The van der Waals surface area contributed by atoms with Crippen molar-refractivity contribution in [2.75, 3.05) is 20.3 Å². The molecule has 3 nitrogen and oxygen atoms in total. The van der Waals surface area contributed by atoms with E-state index in [1.165, 1.54) is 5.56 Å². The Morgan fingerprint density at radius 2 is 1.89 bits per heavy atom. The van der Waals surface area contributed by atoms with Crippen LogP contribution >= 0.6 is 0 Å². The number of hydrogen-bond donors (Lipinski definition) is 1. The fourth-order valence-corrected chi connectivity index (χ4v) is 2.38. The highest BCUT2D eigenvalue weighted by Crippen LogP contribution is 2.25. The molecule has 1 N–H and O–H groups in total. The Morgan fingerprint density at radius 3 is 2.39 bits per heavy atom. The maximum Gasteiger partial charge on any atom is 0.0465 e. The fraction of sp³-hybridized carbons (Fsp3) is 0.667. The minimum atomic E-state index is 0.380. The summed E-state index contributed by atoms with van der Waals surface area (Å²) in [6.07, 6.45) is 1.06. The van der Waals surface area contributed by atoms with E-state index in [0.29, 0.717) is 12.0 Å². The van der Waals surface area contributed by atoms with E-state index in [1.54, 1.807) is 7.11 Å². The van der Waals surface area contributed by atoms with Crippen molar-refractivity contribution in [3.8, 4) is 0 Å². The second-order valence-electron chi connectivity index (χ2n) is 4.98. The third-order valence-electron chi connectivity index (χ3n) is 3.23. The molecular formula is C15H26N2O. The molecule has 0 aromatic carbocycles. The lowest BCUT2D eigenvalue weighted by molar-refractivity contribution is 0.170. The lowest BCUT2D eigenvalue weighted by atomic mass is 9.91. The van der Waals surface area contributed by atoms with Crippen LogP contribution in [0.5, 0.6) is 0 Å². The predicted molar refractivity (Wildman–Crippen MR) is 75.8 cm³/mol. The number of rotatable bonds is 7. The molecule has 18 heavy (non-hydrogen) atoms. The molecule has 0 saturated carbocycles. The van der Waals surface area contributed by atoms with Crippen LogP contribution in [0, 0.1) is 19.8 Å². The van der Waals surface area contributed by atoms with E-state index in [9.17, 15) is 0 Å². The molecule has 2 unspecified atom stereocenters. The van der Waals surface area contributed by atoms with Gasteiger partial charge in [-0.05, 0) is 50.4 Å². The van der Waals surface area contributed by atoms with Crippen molar-refractivity contribution in [3.05, 3.63) is 29.1 Å². The Balaban J connectivity index is 2.88. The van der Waals surface area contributed by atoms with Crippen molar-refractivity contribution in [1.82, 2.24) is 10.3 Å². The number of methoxy groups -OCH3 is 1. The molecule has 0 radical (unpaired) electrons. The first kappa shape index (κ1) is 15.1. The predicted octanol–water partition coefficient (Wildman–Crippen LogP) is 3.02. The Bertz CT molecular complexity index is 345. The van der Waals surface area contributed by atoms with Gasteiger partial charge in [-0.3, -0.25) is 4.98 Å². The average Bonchev–Trinajstić information content (AvgIpc) is 2.31. The van der Waals surface area contributed by atoms with Crippen LogP contribution in [-0.4, -0.2) is 25.2 Å². The molecule has 0 fully saturated rings. The molecule has 0 spiro atoms. The molecule has 0 aliphatic heterocycles. The lowest BCUT2D eigenvalue weighted by Gasteiger charge is -2.25. The molecule has 102 valence electrons. The fourth-order valence-electron chi connectivity index (χ4n) is 2.38. The van der Waals surface area contributed by atoms with Gasteiger partial charge in [0.2, 0.25) is 0 Å². The molecule has 2 atom stereocenters. The number of nitrogens with zero attached hydrogens (tertiary/aromatic N) is 1. The van der Waals surface area contributed by atoms with E-state index in [2.05, 4.69) is 50.1 Å². The summed E-state index contributed by atoms with van der Waals surface area (Å²) in [5, 5.41) is 3.58. The molecule has 1 aromatic rings. The van der Waals surface area contributed by atoms with Crippen LogP contribution in [-0.2, 0) is 4.74 Å². The molecule has 1 rings (SSSR count). The van der Waals surface area contributed by atoms with E-state index in [1.807, 2.05) is 0 Å². The number of aryl methyl sites for hydroxylation is 2. The monoisotopic (exact) mass is 250 g/mol. The van der Waals surface area contributed by atoms with E-state index in [0.717, 1.165) is 31.0 Å². The van der Waals surface area contributed by atoms with Gasteiger partial charge in [-0.15, -0.1) is 0 Å². The van der Waals surface area contributed by atoms with Crippen LogP contribution in [0.1, 0.15) is 43.3 Å². The normalized spacial score (nSPS) is 14.5. The van der Waals surface area contributed by atoms with E-state index >= 15 is 0 Å². The minimum absolute atomic E-state index is 0.380. The molecule has 3 heteroatoms. The van der Waals surface area contributed by atoms with Crippen LogP contribution in [0.4, 0.5) is 0 Å². The molecule has 1 aromatic heterocycles. The van der Waals surface area contributed by atoms with Gasteiger partial charge in [-0.2, -0.15) is 0 Å². The van der Waals surface area contributed by atoms with Crippen molar-refractivity contribution in [2.24, 2.45) is 5.92 Å². The Labute approximate surface area is 111 Å². The van der Waals surface area contributed by atoms with Crippen LogP contribution in [0.2, 0.25) is 0 Å². The smallest absolute Gasteiger partial charge is 0.0465 e. The van der Waals surface area contributed by atoms with Crippen LogP contribution in [0.15, 0.2) is 12.1 Å². The maximum absolute atomic E-state index is 5.18. The van der Waals surface area contributed by atoms with Gasteiger partial charge < -0.3 is 10.1 Å². The molecule has 0 aliphatic carbocycles. The Kier molecular flexibility index (Phi) is 6.30. The topological polar surface area (TPSA) is 34.2 Å². The summed E-state index contributed by atoms with van der Waals surface area (Å²) in [5.74, 6) is 0.547. The largest absolute Gasteiger partial charge is 0.385 e. The van der Waals surface area contributed by atoms with Crippen molar-refractivity contribution < 1.29 is 4.74 Å². The van der Waals surface area contributed by atoms with Gasteiger partial charge in [0.05, 0.1) is 0 Å². The van der Waals surface area contributed by atoms with Crippen molar-refractivity contribution in [2.45, 2.75) is 40.2 Å². The minimum Gasteiger partial charge on any atom is -0.385 e. The Hall–Kier alpha value is -0.930. The number of nitrogens with one attached hydrogen (secondary N) is 1. The van der Waals surface area contributed by atoms with Gasteiger partial charge in [0.15, 0.2) is 0 Å². The molecule has 0 amide bonds. The van der Waals surface area contributed by atoms with Gasteiger partial charge in [0.25, 0.3) is 0 Å². The molecular weight excluding hydrogens is 224 g/mol. The summed E-state index contributed by atoms with van der Waals surface area (Å²) in [5.41, 5.74) is 3.52. The number of hydrogen-bond acceptors (Lipinski definition) is 3. The van der Waals surface area contributed by atoms with Gasteiger partial charge in [-0.1, -0.05) is 13.8 Å². The average molecular weight is 250 g/mol.